The Morgan fingerprint density at radius 2 is 1.75 bits per heavy atom. The van der Waals surface area contributed by atoms with Crippen LogP contribution in [0.3, 0.4) is 0 Å². The van der Waals surface area contributed by atoms with Crippen molar-refractivity contribution in [3.63, 3.8) is 0 Å². The zero-order valence-electron chi connectivity index (χ0n) is 7.88. The van der Waals surface area contributed by atoms with Crippen LogP contribution in [0.15, 0.2) is 40.1 Å². The van der Waals surface area contributed by atoms with Gasteiger partial charge in [-0.15, -0.1) is 0 Å². The van der Waals surface area contributed by atoms with Gasteiger partial charge >= 0.3 is 11.9 Å². The fourth-order valence-electron chi connectivity index (χ4n) is 0.877. The lowest BCUT2D eigenvalue weighted by molar-refractivity contribution is -0.134. The minimum atomic E-state index is -1.29. The molecule has 0 heterocycles. The van der Waals surface area contributed by atoms with Gasteiger partial charge in [0.15, 0.2) is 0 Å². The average molecular weight is 259 g/mol. The van der Waals surface area contributed by atoms with Crippen molar-refractivity contribution in [2.45, 2.75) is 4.90 Å². The van der Waals surface area contributed by atoms with E-state index in [1.54, 1.807) is 24.3 Å². The molecule has 0 spiro atoms. The molecule has 16 heavy (non-hydrogen) atoms. The highest BCUT2D eigenvalue weighted by molar-refractivity contribution is 8.04. The summed E-state index contributed by atoms with van der Waals surface area (Å²) >= 11 is 6.52. The van der Waals surface area contributed by atoms with E-state index >= 15 is 0 Å². The van der Waals surface area contributed by atoms with Gasteiger partial charge in [-0.25, -0.2) is 9.59 Å². The van der Waals surface area contributed by atoms with Crippen molar-refractivity contribution < 1.29 is 19.8 Å². The summed E-state index contributed by atoms with van der Waals surface area (Å²) in [5, 5.41) is 17.8. The predicted octanol–water partition coefficient (Wildman–Crippen LogP) is 2.49. The van der Waals surface area contributed by atoms with Crippen LogP contribution in [0, 0.1) is 0 Å². The van der Waals surface area contributed by atoms with Gasteiger partial charge in [0.1, 0.15) is 4.91 Å². The van der Waals surface area contributed by atoms with E-state index in [1.165, 1.54) is 0 Å². The number of aliphatic carboxylic acids is 2. The zero-order valence-corrected chi connectivity index (χ0v) is 9.46. The zero-order chi connectivity index (χ0) is 12.1. The lowest BCUT2D eigenvalue weighted by atomic mass is 10.4. The van der Waals surface area contributed by atoms with E-state index in [2.05, 4.69) is 0 Å². The number of hydrogen-bond donors (Lipinski definition) is 2. The molecule has 0 fully saturated rings. The number of benzene rings is 1. The summed E-state index contributed by atoms with van der Waals surface area (Å²) in [5.41, 5.74) is 0. The molecule has 0 aliphatic heterocycles. The maximum atomic E-state index is 10.7. The van der Waals surface area contributed by atoms with Gasteiger partial charge in [-0.2, -0.15) is 0 Å². The van der Waals surface area contributed by atoms with Crippen molar-refractivity contribution in [1.29, 1.82) is 0 Å². The van der Waals surface area contributed by atoms with E-state index in [0.29, 0.717) is 16.0 Å². The monoisotopic (exact) mass is 258 g/mol. The molecule has 0 atom stereocenters. The van der Waals surface area contributed by atoms with Crippen molar-refractivity contribution in [3.8, 4) is 0 Å². The van der Waals surface area contributed by atoms with Crippen LogP contribution in [0.5, 0.6) is 0 Å². The molecular weight excluding hydrogens is 252 g/mol. The number of hydrogen-bond acceptors (Lipinski definition) is 3. The second-order valence-corrected chi connectivity index (χ2v) is 4.26. The molecule has 0 radical (unpaired) electrons. The molecule has 0 aromatic heterocycles. The Kier molecular flexibility index (Phi) is 4.39. The van der Waals surface area contributed by atoms with Crippen LogP contribution in [0.2, 0.25) is 5.02 Å². The predicted molar refractivity (Wildman–Crippen MR) is 60.7 cm³/mol. The molecule has 0 aliphatic carbocycles. The topological polar surface area (TPSA) is 74.6 Å². The van der Waals surface area contributed by atoms with Gasteiger partial charge in [0.05, 0.1) is 0 Å². The standard InChI is InChI=1S/C10H7ClO4S/c11-6-1-3-7(4-2-6)16-8(10(14)15)5-9(12)13/h1-5H,(H,12,13)(H,14,15)/b8-5+. The highest BCUT2D eigenvalue weighted by Crippen LogP contribution is 2.27. The van der Waals surface area contributed by atoms with E-state index < -0.39 is 11.9 Å². The maximum Gasteiger partial charge on any atom is 0.342 e. The molecular formula is C10H7ClO4S. The second kappa shape index (κ2) is 5.58. The molecule has 6 heteroatoms. The highest BCUT2D eigenvalue weighted by Gasteiger charge is 2.11. The lowest BCUT2D eigenvalue weighted by Gasteiger charge is -2.01. The first-order valence-electron chi connectivity index (χ1n) is 4.10. The van der Waals surface area contributed by atoms with Gasteiger partial charge in [-0.05, 0) is 24.3 Å². The Bertz CT molecular complexity index is 439. The Labute approximate surface area is 101 Å². The van der Waals surface area contributed by atoms with Crippen LogP contribution in [-0.2, 0) is 9.59 Å². The van der Waals surface area contributed by atoms with Gasteiger partial charge in [0.2, 0.25) is 0 Å². The third kappa shape index (κ3) is 3.96. The van der Waals surface area contributed by atoms with Crippen molar-refractivity contribution in [1.82, 2.24) is 0 Å². The summed E-state index contributed by atoms with van der Waals surface area (Å²) in [6.07, 6.45) is 0.654. The average Bonchev–Trinajstić information content (AvgIpc) is 2.19. The fraction of sp³-hybridized carbons (Fsp3) is 0. The van der Waals surface area contributed by atoms with Crippen LogP contribution in [0.1, 0.15) is 0 Å². The third-order valence-corrected chi connectivity index (χ3v) is 2.78. The molecule has 0 amide bonds. The summed E-state index contributed by atoms with van der Waals surface area (Å²) in [6, 6.07) is 6.44. The Balaban J connectivity index is 2.88. The molecule has 1 aromatic carbocycles. The van der Waals surface area contributed by atoms with E-state index in [9.17, 15) is 9.59 Å². The summed E-state index contributed by atoms with van der Waals surface area (Å²) < 4.78 is 0. The minimum absolute atomic E-state index is 0.255. The molecule has 84 valence electrons. The van der Waals surface area contributed by atoms with E-state index in [-0.39, 0.29) is 4.91 Å². The number of thioether (sulfide) groups is 1. The number of carbonyl (C=O) groups is 2. The third-order valence-electron chi connectivity index (χ3n) is 1.51. The Morgan fingerprint density at radius 3 is 2.19 bits per heavy atom. The van der Waals surface area contributed by atoms with Gasteiger partial charge in [-0.3, -0.25) is 0 Å². The van der Waals surface area contributed by atoms with Gasteiger partial charge in [0.25, 0.3) is 0 Å². The van der Waals surface area contributed by atoms with Crippen molar-refractivity contribution in [2.75, 3.05) is 0 Å². The van der Waals surface area contributed by atoms with Gasteiger partial charge in [-0.1, -0.05) is 23.4 Å². The van der Waals surface area contributed by atoms with E-state index in [4.69, 9.17) is 21.8 Å². The number of carboxylic acids is 2. The molecule has 0 unspecified atom stereocenters. The smallest absolute Gasteiger partial charge is 0.342 e. The van der Waals surface area contributed by atoms with Crippen molar-refractivity contribution in [3.05, 3.63) is 40.3 Å². The van der Waals surface area contributed by atoms with Gasteiger partial charge < -0.3 is 10.2 Å². The quantitative estimate of drug-likeness (QED) is 0.641. The van der Waals surface area contributed by atoms with Crippen LogP contribution >= 0.6 is 23.4 Å². The molecule has 2 N–H and O–H groups in total. The molecule has 0 bridgehead atoms. The molecule has 1 rings (SSSR count). The SMILES string of the molecule is O=C(O)/C=C(/Sc1ccc(Cl)cc1)C(=O)O. The molecule has 0 aliphatic rings. The van der Waals surface area contributed by atoms with Crippen LogP contribution in [0.4, 0.5) is 0 Å². The maximum absolute atomic E-state index is 10.7. The molecule has 4 nitrogen and oxygen atoms in total. The van der Waals surface area contributed by atoms with Crippen LogP contribution in [0.25, 0.3) is 0 Å². The number of rotatable bonds is 4. The summed E-state index contributed by atoms with van der Waals surface area (Å²) in [4.78, 5) is 21.5. The van der Waals surface area contributed by atoms with Crippen molar-refractivity contribution in [2.24, 2.45) is 0 Å². The van der Waals surface area contributed by atoms with E-state index in [0.717, 1.165) is 11.8 Å². The second-order valence-electron chi connectivity index (χ2n) is 2.71. The first-order chi connectivity index (χ1) is 7.49. The highest BCUT2D eigenvalue weighted by atomic mass is 35.5. The van der Waals surface area contributed by atoms with Gasteiger partial charge in [0, 0.05) is 16.0 Å². The van der Waals surface area contributed by atoms with Crippen molar-refractivity contribution >= 4 is 35.3 Å². The molecule has 0 saturated heterocycles. The number of carboxylic acid groups (broad SMARTS) is 2. The summed E-state index contributed by atoms with van der Waals surface area (Å²) in [6.45, 7) is 0. The molecule has 0 saturated carbocycles. The lowest BCUT2D eigenvalue weighted by Crippen LogP contribution is -2.00. The van der Waals surface area contributed by atoms with Crippen LogP contribution in [-0.4, -0.2) is 22.2 Å². The first kappa shape index (κ1) is 12.6. The first-order valence-corrected chi connectivity index (χ1v) is 5.30. The summed E-state index contributed by atoms with van der Waals surface area (Å²) in [5.74, 6) is -2.57. The molecule has 1 aromatic rings. The Morgan fingerprint density at radius 1 is 1.19 bits per heavy atom. The van der Waals surface area contributed by atoms with Crippen LogP contribution < -0.4 is 0 Å². The summed E-state index contributed by atoms with van der Waals surface area (Å²) in [7, 11) is 0. The Hall–Kier alpha value is -1.46. The van der Waals surface area contributed by atoms with E-state index in [1.807, 2.05) is 0 Å². The minimum Gasteiger partial charge on any atom is -0.478 e. The normalized spacial score (nSPS) is 11.2. The fourth-order valence-corrected chi connectivity index (χ4v) is 1.78. The largest absolute Gasteiger partial charge is 0.478 e. The number of halogens is 1.